The Kier molecular flexibility index (Phi) is 16.4. The van der Waals surface area contributed by atoms with Crippen LogP contribution in [0, 0.1) is 71.0 Å². The number of para-hydroxylation sites is 4. The fourth-order valence-corrected chi connectivity index (χ4v) is 32.6. The Morgan fingerprint density at radius 1 is 0.158 bits per heavy atom. The lowest BCUT2D eigenvalue weighted by atomic mass is 9.43. The van der Waals surface area contributed by atoms with Crippen LogP contribution < -0.4 is 0 Å². The molecule has 20 aromatic rings. The molecule has 133 heavy (non-hydrogen) atoms. The molecule has 17 aromatic carbocycles. The lowest BCUT2D eigenvalue weighted by Crippen LogP contribution is -2.55. The minimum Gasteiger partial charge on any atom is -0.309 e. The number of aromatic nitrogens is 3. The van der Waals surface area contributed by atoms with Gasteiger partial charge in [-0.3, -0.25) is 0 Å². The monoisotopic (exact) mass is 1710 g/mol. The summed E-state index contributed by atoms with van der Waals surface area (Å²) in [7, 11) is 0. The molecular formula is C130H105N3. The van der Waals surface area contributed by atoms with Crippen molar-refractivity contribution >= 4 is 76.2 Å². The van der Waals surface area contributed by atoms with E-state index in [-0.39, 0.29) is 16.2 Å². The average molecular weight is 1710 g/mol. The lowest BCUT2D eigenvalue weighted by Gasteiger charge is -2.61. The van der Waals surface area contributed by atoms with Gasteiger partial charge in [0.25, 0.3) is 0 Å². The van der Waals surface area contributed by atoms with Crippen LogP contribution >= 0.6 is 0 Å². The minimum absolute atomic E-state index is 0.196. The van der Waals surface area contributed by atoms with Crippen molar-refractivity contribution in [3.05, 3.63) is 416 Å². The van der Waals surface area contributed by atoms with Crippen LogP contribution in [0.25, 0.3) is 171 Å². The standard InChI is InChI=1S/C46H37N.C44H35N.C40H33N/c1-2-8-31(9-3-1)32-14-18-37(19-15-32)47-44-13-7-5-11-40(44)41-27-33(17-21-45(41)47)34-16-20-39-38-10-4-6-12-42(38)46(43(39)28-34)35-23-29-22-30(25-35)26-36(46)24-29;1-2-8-30-24-35(16-13-29(30)7-1)45-42-12-6-4-10-38(42)39-25-31(15-18-43(39)45)32-14-17-37-36-9-3-5-11-40(36)44(41(37)26-32)33-20-27-19-28(22-33)23-34(44)21-27;1-2-8-31(9-3-1)41-38-13-7-5-11-34(38)35-17-15-28(24-39(35)41)27-14-16-33-32-10-4-6-12-36(32)40(37(33)23-27)29-19-25-18-26(21-29)22-30(40)20-25/h1-21,27-30,35-36H,22-26H2;1-18,24-28,33-34H,19-23H2;1-17,23-26,29-30H,18-22H2. The Labute approximate surface area is 778 Å². The van der Waals surface area contributed by atoms with Crippen LogP contribution in [0.15, 0.2) is 382 Å². The normalized spacial score (nSPS) is 26.0. The highest BCUT2D eigenvalue weighted by molar-refractivity contribution is 6.13. The highest BCUT2D eigenvalue weighted by Gasteiger charge is 2.65. The Morgan fingerprint density at radius 2 is 0.444 bits per heavy atom. The van der Waals surface area contributed by atoms with Gasteiger partial charge in [0.15, 0.2) is 0 Å². The maximum atomic E-state index is 2.63. The molecule has 0 saturated heterocycles. The first-order chi connectivity index (χ1) is 65.8. The third kappa shape index (κ3) is 10.9. The van der Waals surface area contributed by atoms with E-state index in [4.69, 9.17) is 0 Å². The molecule has 640 valence electrons. The summed E-state index contributed by atoms with van der Waals surface area (Å²) in [6.07, 6.45) is 21.5. The van der Waals surface area contributed by atoms with Crippen molar-refractivity contribution in [1.29, 1.82) is 0 Å². The molecule has 3 spiro atoms. The molecule has 35 rings (SSSR count). The van der Waals surface area contributed by atoms with Gasteiger partial charge in [0, 0.05) is 65.6 Å². The maximum Gasteiger partial charge on any atom is 0.0547 e. The molecule has 12 fully saturated rings. The average Bonchev–Trinajstić information content (AvgIpc) is 1.54. The number of nitrogens with zero attached hydrogens (tertiary/aromatic N) is 3. The first-order valence-corrected chi connectivity index (χ1v) is 50.3. The van der Waals surface area contributed by atoms with E-state index in [9.17, 15) is 0 Å². The van der Waals surface area contributed by atoms with E-state index in [0.717, 1.165) is 71.0 Å². The van der Waals surface area contributed by atoms with E-state index in [1.165, 1.54) is 267 Å². The third-order valence-corrected chi connectivity index (χ3v) is 36.9. The van der Waals surface area contributed by atoms with Crippen LogP contribution in [-0.2, 0) is 16.2 Å². The first-order valence-electron chi connectivity index (χ1n) is 50.3. The van der Waals surface area contributed by atoms with E-state index in [2.05, 4.69) is 396 Å². The number of benzene rings is 17. The second-order valence-electron chi connectivity index (χ2n) is 43.0. The Morgan fingerprint density at radius 3 is 0.887 bits per heavy atom. The van der Waals surface area contributed by atoms with Gasteiger partial charge in [-0.2, -0.15) is 0 Å². The topological polar surface area (TPSA) is 14.8 Å². The Bertz CT molecular complexity index is 8160. The molecule has 3 nitrogen and oxygen atoms in total. The first kappa shape index (κ1) is 76.0. The fraction of sp³-hybridized carbons (Fsp3) is 0.231. The second-order valence-corrected chi connectivity index (χ2v) is 43.0. The van der Waals surface area contributed by atoms with Gasteiger partial charge in [0.05, 0.1) is 33.1 Å². The Hall–Kier alpha value is -13.6. The number of fused-ring (bicyclic) bond motifs is 19. The summed E-state index contributed by atoms with van der Waals surface area (Å²) in [6, 6.07) is 145. The molecule has 0 unspecified atom stereocenters. The van der Waals surface area contributed by atoms with Gasteiger partial charge < -0.3 is 13.7 Å². The minimum atomic E-state index is 0.196. The van der Waals surface area contributed by atoms with E-state index in [0.29, 0.717) is 0 Å². The highest BCUT2D eigenvalue weighted by Crippen LogP contribution is 2.73. The van der Waals surface area contributed by atoms with Gasteiger partial charge in [-0.25, -0.2) is 0 Å². The third-order valence-electron chi connectivity index (χ3n) is 36.9. The van der Waals surface area contributed by atoms with E-state index < -0.39 is 0 Å². The molecule has 12 saturated carbocycles. The van der Waals surface area contributed by atoms with Crippen LogP contribution in [0.2, 0.25) is 0 Å². The van der Waals surface area contributed by atoms with Crippen molar-refractivity contribution in [2.75, 3.05) is 0 Å². The molecule has 15 aliphatic carbocycles. The van der Waals surface area contributed by atoms with Crippen molar-refractivity contribution in [3.63, 3.8) is 0 Å². The van der Waals surface area contributed by atoms with Crippen molar-refractivity contribution in [2.45, 2.75) is 113 Å². The summed E-state index contributed by atoms with van der Waals surface area (Å²) in [5.74, 6) is 10.5. The van der Waals surface area contributed by atoms with Gasteiger partial charge >= 0.3 is 0 Å². The van der Waals surface area contributed by atoms with Crippen LogP contribution in [0.5, 0.6) is 0 Å². The summed E-state index contributed by atoms with van der Waals surface area (Å²) >= 11 is 0. The maximum absolute atomic E-state index is 2.63. The van der Waals surface area contributed by atoms with Crippen molar-refractivity contribution in [1.82, 2.24) is 13.7 Å². The van der Waals surface area contributed by atoms with E-state index in [1.807, 2.05) is 0 Å². The molecule has 3 aromatic heterocycles. The molecule has 0 N–H and O–H groups in total. The number of rotatable bonds is 7. The molecule has 0 amide bonds. The van der Waals surface area contributed by atoms with E-state index in [1.54, 1.807) is 33.4 Å². The van der Waals surface area contributed by atoms with Crippen LogP contribution in [-0.4, -0.2) is 13.7 Å². The van der Waals surface area contributed by atoms with Crippen molar-refractivity contribution < 1.29 is 0 Å². The molecular weight excluding hydrogens is 1600 g/mol. The zero-order valence-corrected chi connectivity index (χ0v) is 75.2. The van der Waals surface area contributed by atoms with Gasteiger partial charge in [0.2, 0.25) is 0 Å². The SMILES string of the molecule is c1ccc(-c2ccc(-n3c4ccccc4c4cc(-c5ccc6c(c5)C5(c7ccccc7-6)C6CC7CC(C6)CC5C7)ccc43)cc2)cc1.c1ccc(-n2c3ccccc3c3ccc(-c4ccc5c(c4)C4(c6ccccc6-5)C5CC6CC(C5)CC4C6)cc32)cc1.c1ccc2c(c1)-c1ccc(-c3ccc4c(c3)c3ccccc3n4-c3ccc4ccccc4c3)cc1C21C2CC3CC(C2)CC1C3. The molecule has 0 aliphatic heterocycles. The molecule has 12 bridgehead atoms. The van der Waals surface area contributed by atoms with Crippen LogP contribution in [0.3, 0.4) is 0 Å². The summed E-state index contributed by atoms with van der Waals surface area (Å²) in [4.78, 5) is 0. The van der Waals surface area contributed by atoms with Crippen molar-refractivity contribution in [2.24, 2.45) is 71.0 Å². The van der Waals surface area contributed by atoms with Crippen molar-refractivity contribution in [3.8, 4) is 95.0 Å². The van der Waals surface area contributed by atoms with Gasteiger partial charge in [-0.05, 0) is 392 Å². The molecule has 3 heterocycles. The number of hydrogen-bond donors (Lipinski definition) is 0. The summed E-state index contributed by atoms with van der Waals surface area (Å²) in [5.41, 5.74) is 41.1. The number of hydrogen-bond acceptors (Lipinski definition) is 0. The molecule has 3 heteroatoms. The summed E-state index contributed by atoms with van der Waals surface area (Å²) < 4.78 is 7.33. The molecule has 0 atom stereocenters. The van der Waals surface area contributed by atoms with Gasteiger partial charge in [0.1, 0.15) is 0 Å². The van der Waals surface area contributed by atoms with E-state index >= 15 is 0 Å². The zero-order valence-electron chi connectivity index (χ0n) is 75.2. The van der Waals surface area contributed by atoms with Crippen LogP contribution in [0.1, 0.15) is 130 Å². The smallest absolute Gasteiger partial charge is 0.0547 e. The van der Waals surface area contributed by atoms with Gasteiger partial charge in [-0.1, -0.05) is 279 Å². The second kappa shape index (κ2) is 28.7. The molecule has 0 radical (unpaired) electrons. The quantitative estimate of drug-likeness (QED) is 0.151. The molecule has 15 aliphatic rings. The highest BCUT2D eigenvalue weighted by atomic mass is 15.0. The zero-order chi connectivity index (χ0) is 86.7. The predicted molar refractivity (Wildman–Crippen MR) is 551 cm³/mol. The summed E-state index contributed by atoms with van der Waals surface area (Å²) in [6.45, 7) is 0. The Balaban J connectivity index is 0.0000000957. The lowest BCUT2D eigenvalue weighted by molar-refractivity contribution is -0.0399. The van der Waals surface area contributed by atoms with Gasteiger partial charge in [-0.15, -0.1) is 0 Å². The summed E-state index contributed by atoms with van der Waals surface area (Å²) in [5, 5.41) is 10.4. The van der Waals surface area contributed by atoms with Crippen LogP contribution in [0.4, 0.5) is 0 Å². The predicted octanol–water partition coefficient (Wildman–Crippen LogP) is 33.3. The largest absolute Gasteiger partial charge is 0.309 e. The fourth-order valence-electron chi connectivity index (χ4n) is 32.6.